The molecule has 1 aliphatic rings. The van der Waals surface area contributed by atoms with Crippen molar-refractivity contribution in [2.24, 2.45) is 0 Å². The van der Waals surface area contributed by atoms with Crippen LogP contribution in [0.3, 0.4) is 0 Å². The van der Waals surface area contributed by atoms with Gasteiger partial charge in [-0.1, -0.05) is 28.9 Å². The van der Waals surface area contributed by atoms with Gasteiger partial charge in [-0.25, -0.2) is 8.42 Å². The van der Waals surface area contributed by atoms with Crippen LogP contribution in [-0.4, -0.2) is 51.0 Å². The van der Waals surface area contributed by atoms with E-state index < -0.39 is 9.84 Å². The Morgan fingerprint density at radius 1 is 1.14 bits per heavy atom. The zero-order valence-electron chi connectivity index (χ0n) is 15.3. The van der Waals surface area contributed by atoms with Gasteiger partial charge in [-0.2, -0.15) is 4.98 Å². The molecule has 9 heteroatoms. The molecule has 0 bridgehead atoms. The van der Waals surface area contributed by atoms with E-state index in [1.165, 1.54) is 11.3 Å². The quantitative estimate of drug-likeness (QED) is 0.545. The highest BCUT2D eigenvalue weighted by atomic mass is 79.9. The minimum absolute atomic E-state index is 0.0110. The van der Waals surface area contributed by atoms with E-state index in [1.54, 1.807) is 24.3 Å². The van der Waals surface area contributed by atoms with Crippen molar-refractivity contribution in [1.82, 2.24) is 9.88 Å². The maximum absolute atomic E-state index is 13.3. The molecule has 4 rings (SSSR count). The molecule has 0 N–H and O–H groups in total. The third-order valence-corrected chi connectivity index (χ3v) is 7.85. The molecule has 0 spiro atoms. The first-order valence-corrected chi connectivity index (χ1v) is 12.2. The number of hydrogen-bond acceptors (Lipinski definition) is 7. The predicted molar refractivity (Wildman–Crippen MR) is 114 cm³/mol. The fraction of sp³-hybridized carbons (Fsp3) is 0.316. The average molecular weight is 482 g/mol. The maximum atomic E-state index is 13.3. The molecule has 0 unspecified atom stereocenters. The van der Waals surface area contributed by atoms with Gasteiger partial charge >= 0.3 is 0 Å². The van der Waals surface area contributed by atoms with Crippen LogP contribution < -0.4 is 4.90 Å². The van der Waals surface area contributed by atoms with Gasteiger partial charge in [0.1, 0.15) is 0 Å². The molecule has 1 saturated heterocycles. The first-order chi connectivity index (χ1) is 13.5. The smallest absolute Gasteiger partial charge is 0.240 e. The Morgan fingerprint density at radius 2 is 1.86 bits per heavy atom. The highest BCUT2D eigenvalue weighted by Gasteiger charge is 2.32. The van der Waals surface area contributed by atoms with Crippen LogP contribution in [0.1, 0.15) is 6.92 Å². The number of piperazine rings is 1. The van der Waals surface area contributed by atoms with Crippen LogP contribution in [0.25, 0.3) is 10.8 Å². The van der Waals surface area contributed by atoms with E-state index in [9.17, 15) is 8.42 Å². The summed E-state index contributed by atoms with van der Waals surface area (Å²) in [5.41, 5.74) is 0. The molecule has 0 amide bonds. The minimum atomic E-state index is -3.80. The molecule has 0 aliphatic carbocycles. The number of sulfone groups is 1. The normalized spacial score (nSPS) is 15.9. The minimum Gasteiger partial charge on any atom is -0.418 e. The van der Waals surface area contributed by atoms with Crippen molar-refractivity contribution >= 4 is 43.0 Å². The summed E-state index contributed by atoms with van der Waals surface area (Å²) >= 11 is 4.82. The Morgan fingerprint density at radius 3 is 2.46 bits per heavy atom. The van der Waals surface area contributed by atoms with Gasteiger partial charge in [-0.3, -0.25) is 0 Å². The lowest BCUT2D eigenvalue weighted by molar-refractivity contribution is 0.266. The largest absolute Gasteiger partial charge is 0.418 e. The number of benzene rings is 1. The molecule has 1 aromatic carbocycles. The van der Waals surface area contributed by atoms with E-state index in [1.807, 2.05) is 22.4 Å². The first kappa shape index (κ1) is 19.6. The number of aromatic nitrogens is 1. The van der Waals surface area contributed by atoms with Crippen molar-refractivity contribution < 1.29 is 12.8 Å². The van der Waals surface area contributed by atoms with Crippen LogP contribution >= 0.6 is 27.3 Å². The zero-order chi connectivity index (χ0) is 19.7. The molecular weight excluding hydrogens is 462 g/mol. The molecule has 6 nitrogen and oxygen atoms in total. The number of likely N-dealkylation sites (N-methyl/N-ethyl adjacent to an activating group) is 1. The van der Waals surface area contributed by atoms with Gasteiger partial charge in [0.05, 0.1) is 9.77 Å². The standard InChI is InChI=1S/C19H20BrN3O3S2/c1-2-22-9-11-23(12-10-22)19-18(21-17(26-19)16-4-3-13-27-16)28(24,25)15-7-5-14(20)6-8-15/h3-8,13H,2,9-12H2,1H3. The second-order valence-corrected chi connectivity index (χ2v) is 10.2. The predicted octanol–water partition coefficient (Wildman–Crippen LogP) is 4.14. The average Bonchev–Trinajstić information content (AvgIpc) is 3.38. The van der Waals surface area contributed by atoms with Crippen LogP contribution in [0.2, 0.25) is 0 Å². The maximum Gasteiger partial charge on any atom is 0.240 e. The van der Waals surface area contributed by atoms with Crippen LogP contribution in [0.5, 0.6) is 0 Å². The van der Waals surface area contributed by atoms with Gasteiger partial charge in [0.15, 0.2) is 0 Å². The lowest BCUT2D eigenvalue weighted by atomic mass is 10.3. The topological polar surface area (TPSA) is 66.7 Å². The zero-order valence-corrected chi connectivity index (χ0v) is 18.6. The number of anilines is 1. The number of thiophene rings is 1. The molecular formula is C19H20BrN3O3S2. The van der Waals surface area contributed by atoms with Crippen LogP contribution in [0.4, 0.5) is 5.88 Å². The number of nitrogens with zero attached hydrogens (tertiary/aromatic N) is 3. The van der Waals surface area contributed by atoms with Crippen molar-refractivity contribution in [3.63, 3.8) is 0 Å². The molecule has 3 aromatic rings. The molecule has 0 saturated carbocycles. The Hall–Kier alpha value is -1.68. The van der Waals surface area contributed by atoms with Crippen molar-refractivity contribution in [2.45, 2.75) is 16.8 Å². The lowest BCUT2D eigenvalue weighted by Gasteiger charge is -2.33. The highest BCUT2D eigenvalue weighted by molar-refractivity contribution is 9.10. The van der Waals surface area contributed by atoms with Crippen molar-refractivity contribution in [3.05, 3.63) is 46.3 Å². The Kier molecular flexibility index (Phi) is 5.59. The Bertz CT molecular complexity index is 1040. The highest BCUT2D eigenvalue weighted by Crippen LogP contribution is 2.36. The number of hydrogen-bond donors (Lipinski definition) is 0. The SMILES string of the molecule is CCN1CCN(c2oc(-c3cccs3)nc2S(=O)(=O)c2ccc(Br)cc2)CC1. The summed E-state index contributed by atoms with van der Waals surface area (Å²) < 4.78 is 33.5. The van der Waals surface area contributed by atoms with Gasteiger partial charge in [0, 0.05) is 30.7 Å². The third kappa shape index (κ3) is 3.76. The van der Waals surface area contributed by atoms with Gasteiger partial charge in [0.25, 0.3) is 0 Å². The van der Waals surface area contributed by atoms with Gasteiger partial charge < -0.3 is 14.2 Å². The molecule has 2 aromatic heterocycles. The molecule has 1 fully saturated rings. The van der Waals surface area contributed by atoms with Crippen molar-refractivity contribution in [2.75, 3.05) is 37.6 Å². The van der Waals surface area contributed by atoms with Crippen molar-refractivity contribution in [3.8, 4) is 10.8 Å². The summed E-state index contributed by atoms with van der Waals surface area (Å²) in [5.74, 6) is 0.681. The summed E-state index contributed by atoms with van der Waals surface area (Å²) in [6, 6.07) is 10.4. The first-order valence-electron chi connectivity index (χ1n) is 9.01. The lowest BCUT2D eigenvalue weighted by Crippen LogP contribution is -2.46. The number of halogens is 1. The third-order valence-electron chi connectivity index (χ3n) is 4.80. The molecule has 0 atom stereocenters. The molecule has 3 heterocycles. The van der Waals surface area contributed by atoms with E-state index in [0.29, 0.717) is 24.9 Å². The van der Waals surface area contributed by atoms with E-state index in [0.717, 1.165) is 29.0 Å². The summed E-state index contributed by atoms with van der Waals surface area (Å²) in [4.78, 5) is 9.76. The second kappa shape index (κ2) is 7.98. The van der Waals surface area contributed by atoms with E-state index >= 15 is 0 Å². The number of oxazole rings is 1. The summed E-state index contributed by atoms with van der Waals surface area (Å²) in [5, 5.41) is 1.91. The molecule has 28 heavy (non-hydrogen) atoms. The van der Waals surface area contributed by atoms with Gasteiger partial charge in [0.2, 0.25) is 26.6 Å². The Balaban J connectivity index is 1.78. The van der Waals surface area contributed by atoms with Crippen molar-refractivity contribution in [1.29, 1.82) is 0 Å². The van der Waals surface area contributed by atoms with E-state index in [2.05, 4.69) is 32.7 Å². The fourth-order valence-electron chi connectivity index (χ4n) is 3.17. The van der Waals surface area contributed by atoms with E-state index in [-0.39, 0.29) is 9.92 Å². The van der Waals surface area contributed by atoms with Crippen LogP contribution in [-0.2, 0) is 9.84 Å². The number of rotatable bonds is 5. The van der Waals surface area contributed by atoms with Crippen LogP contribution in [0, 0.1) is 0 Å². The van der Waals surface area contributed by atoms with Crippen LogP contribution in [0.15, 0.2) is 60.6 Å². The summed E-state index contributed by atoms with van der Waals surface area (Å²) in [6.45, 7) is 6.25. The summed E-state index contributed by atoms with van der Waals surface area (Å²) in [7, 11) is -3.80. The Labute approximate surface area is 176 Å². The molecule has 1 aliphatic heterocycles. The summed E-state index contributed by atoms with van der Waals surface area (Å²) in [6.07, 6.45) is 0. The fourth-order valence-corrected chi connectivity index (χ4v) is 5.41. The monoisotopic (exact) mass is 481 g/mol. The second-order valence-electron chi connectivity index (χ2n) is 6.49. The molecule has 148 valence electrons. The van der Waals surface area contributed by atoms with Gasteiger partial charge in [-0.05, 0) is 42.3 Å². The van der Waals surface area contributed by atoms with Gasteiger partial charge in [-0.15, -0.1) is 11.3 Å². The molecule has 0 radical (unpaired) electrons. The van der Waals surface area contributed by atoms with E-state index in [4.69, 9.17) is 4.42 Å².